The largest absolute Gasteiger partial charge is 0.368 e. The van der Waals surface area contributed by atoms with Gasteiger partial charge < -0.3 is 15.0 Å². The van der Waals surface area contributed by atoms with E-state index in [0.29, 0.717) is 17.4 Å². The lowest BCUT2D eigenvalue weighted by Gasteiger charge is -2.17. The average molecular weight is 457 g/mol. The first-order chi connectivity index (χ1) is 16.5. The summed E-state index contributed by atoms with van der Waals surface area (Å²) in [7, 11) is 2.14. The lowest BCUT2D eigenvalue weighted by atomic mass is 10.0. The Labute approximate surface area is 195 Å². The molecule has 5 aromatic rings. The van der Waals surface area contributed by atoms with E-state index in [4.69, 9.17) is 20.8 Å². The lowest BCUT2D eigenvalue weighted by molar-refractivity contribution is 0.306. The second-order valence-corrected chi connectivity index (χ2v) is 8.99. The molecule has 172 valence electrons. The molecule has 8 nitrogen and oxygen atoms in total. The van der Waals surface area contributed by atoms with E-state index in [1.54, 1.807) is 16.6 Å². The van der Waals surface area contributed by atoms with Gasteiger partial charge in [-0.1, -0.05) is 0 Å². The van der Waals surface area contributed by atoms with Crippen LogP contribution >= 0.6 is 0 Å². The van der Waals surface area contributed by atoms with Crippen molar-refractivity contribution in [3.05, 3.63) is 66.1 Å². The number of pyridine rings is 1. The van der Waals surface area contributed by atoms with Gasteiger partial charge in [-0.3, -0.25) is 0 Å². The standard InChI is InChI=1S/C25H25FN8/c1-15-13-28-21-10-7-17(14-33(15)21)22-23(16-5-8-18(26)9-6-16)30-25(27)34-24(22)29-20(31-34)12-19-4-3-11-32(19)2/h5-10,13-14,19H,3-4,11-12H2,1-2H3,(H2,27,30)/t19-/m0/s1. The van der Waals surface area contributed by atoms with Crippen LogP contribution in [0.2, 0.25) is 0 Å². The predicted molar refractivity (Wildman–Crippen MR) is 129 cm³/mol. The Balaban J connectivity index is 1.59. The van der Waals surface area contributed by atoms with Gasteiger partial charge >= 0.3 is 0 Å². The zero-order valence-corrected chi connectivity index (χ0v) is 19.1. The van der Waals surface area contributed by atoms with E-state index in [2.05, 4.69) is 16.9 Å². The van der Waals surface area contributed by atoms with E-state index in [9.17, 15) is 4.39 Å². The number of imidazole rings is 1. The summed E-state index contributed by atoms with van der Waals surface area (Å²) in [6.07, 6.45) is 6.93. The lowest BCUT2D eigenvalue weighted by Crippen LogP contribution is -2.27. The number of aromatic nitrogens is 6. The second-order valence-electron chi connectivity index (χ2n) is 8.99. The third kappa shape index (κ3) is 3.40. The van der Waals surface area contributed by atoms with Crippen molar-refractivity contribution < 1.29 is 4.39 Å². The van der Waals surface area contributed by atoms with Crippen molar-refractivity contribution in [2.24, 2.45) is 0 Å². The van der Waals surface area contributed by atoms with Crippen molar-refractivity contribution in [2.45, 2.75) is 32.2 Å². The van der Waals surface area contributed by atoms with Gasteiger partial charge in [0.1, 0.15) is 11.5 Å². The highest BCUT2D eigenvalue weighted by Gasteiger charge is 2.25. The summed E-state index contributed by atoms with van der Waals surface area (Å²) in [4.78, 5) is 16.4. The van der Waals surface area contributed by atoms with Crippen LogP contribution in [-0.4, -0.2) is 53.5 Å². The molecule has 34 heavy (non-hydrogen) atoms. The Hall–Kier alpha value is -3.85. The zero-order valence-electron chi connectivity index (χ0n) is 19.1. The molecule has 0 aliphatic carbocycles. The minimum atomic E-state index is -0.305. The van der Waals surface area contributed by atoms with Crippen molar-refractivity contribution in [1.29, 1.82) is 0 Å². The number of likely N-dealkylation sites (N-methyl/N-ethyl adjacent to an activating group) is 1. The maximum Gasteiger partial charge on any atom is 0.223 e. The summed E-state index contributed by atoms with van der Waals surface area (Å²) in [6.45, 7) is 3.10. The molecule has 0 bridgehead atoms. The van der Waals surface area contributed by atoms with E-state index in [0.717, 1.165) is 53.2 Å². The fraction of sp³-hybridized carbons (Fsp3) is 0.280. The van der Waals surface area contributed by atoms with Gasteiger partial charge in [0, 0.05) is 41.7 Å². The number of likely N-dealkylation sites (tertiary alicyclic amines) is 1. The third-order valence-electron chi connectivity index (χ3n) is 6.74. The molecule has 2 N–H and O–H groups in total. The molecule has 1 fully saturated rings. The summed E-state index contributed by atoms with van der Waals surface area (Å²) in [5, 5.41) is 4.73. The van der Waals surface area contributed by atoms with Gasteiger partial charge in [-0.25, -0.2) is 19.3 Å². The van der Waals surface area contributed by atoms with Gasteiger partial charge in [0.05, 0.1) is 11.3 Å². The van der Waals surface area contributed by atoms with Crippen LogP contribution in [0.25, 0.3) is 33.7 Å². The fourth-order valence-electron chi connectivity index (χ4n) is 4.87. The summed E-state index contributed by atoms with van der Waals surface area (Å²) in [6, 6.07) is 10.7. The summed E-state index contributed by atoms with van der Waals surface area (Å²) < 4.78 is 17.3. The average Bonchev–Trinajstić information content (AvgIpc) is 3.54. The summed E-state index contributed by atoms with van der Waals surface area (Å²) in [5.41, 5.74) is 12.0. The van der Waals surface area contributed by atoms with E-state index in [1.165, 1.54) is 18.6 Å². The molecule has 0 spiro atoms. The Bertz CT molecular complexity index is 1520. The molecule has 0 radical (unpaired) electrons. The highest BCUT2D eigenvalue weighted by atomic mass is 19.1. The predicted octanol–water partition coefficient (Wildman–Crippen LogP) is 3.77. The van der Waals surface area contributed by atoms with E-state index < -0.39 is 0 Å². The SMILES string of the molecule is Cc1cnc2ccc(-c3c(-c4ccc(F)cc4)nc(N)n4nc(C[C@@H]5CCCN5C)nc34)cn12. The Morgan fingerprint density at radius 3 is 2.65 bits per heavy atom. The van der Waals surface area contributed by atoms with Gasteiger partial charge in [-0.05, 0) is 69.8 Å². The van der Waals surface area contributed by atoms with Crippen LogP contribution in [0.15, 0.2) is 48.8 Å². The molecular weight excluding hydrogens is 431 g/mol. The first-order valence-corrected chi connectivity index (χ1v) is 11.4. The molecule has 1 aromatic carbocycles. The van der Waals surface area contributed by atoms with Crippen LogP contribution < -0.4 is 5.73 Å². The van der Waals surface area contributed by atoms with Crippen LogP contribution in [0.3, 0.4) is 0 Å². The van der Waals surface area contributed by atoms with Crippen molar-refractivity contribution in [3.8, 4) is 22.4 Å². The molecule has 9 heteroatoms. The van der Waals surface area contributed by atoms with Crippen LogP contribution in [-0.2, 0) is 6.42 Å². The molecule has 4 aromatic heterocycles. The fourth-order valence-corrected chi connectivity index (χ4v) is 4.87. The zero-order chi connectivity index (χ0) is 23.4. The van der Waals surface area contributed by atoms with Crippen molar-refractivity contribution in [1.82, 2.24) is 33.9 Å². The second kappa shape index (κ2) is 7.88. The molecule has 1 aliphatic heterocycles. The van der Waals surface area contributed by atoms with Gasteiger partial charge in [0.25, 0.3) is 0 Å². The molecule has 6 rings (SSSR count). The summed E-state index contributed by atoms with van der Waals surface area (Å²) in [5.74, 6) is 0.682. The van der Waals surface area contributed by atoms with Crippen molar-refractivity contribution in [3.63, 3.8) is 0 Å². The molecule has 0 unspecified atom stereocenters. The van der Waals surface area contributed by atoms with Gasteiger partial charge in [0.15, 0.2) is 11.5 Å². The van der Waals surface area contributed by atoms with Gasteiger partial charge in [-0.15, -0.1) is 5.10 Å². The van der Waals surface area contributed by atoms with Gasteiger partial charge in [-0.2, -0.15) is 4.52 Å². The van der Waals surface area contributed by atoms with E-state index in [1.807, 2.05) is 35.9 Å². The smallest absolute Gasteiger partial charge is 0.223 e. The number of rotatable bonds is 4. The Morgan fingerprint density at radius 2 is 1.88 bits per heavy atom. The van der Waals surface area contributed by atoms with Crippen molar-refractivity contribution >= 4 is 17.2 Å². The number of anilines is 1. The number of fused-ring (bicyclic) bond motifs is 2. The number of nitrogen functional groups attached to an aromatic ring is 1. The highest BCUT2D eigenvalue weighted by molar-refractivity contribution is 5.90. The first-order valence-electron chi connectivity index (χ1n) is 11.4. The van der Waals surface area contributed by atoms with Crippen LogP contribution in [0.5, 0.6) is 0 Å². The topological polar surface area (TPSA) is 89.6 Å². The number of hydrogen-bond acceptors (Lipinski definition) is 6. The van der Waals surface area contributed by atoms with Crippen molar-refractivity contribution in [2.75, 3.05) is 19.3 Å². The molecule has 0 amide bonds. The van der Waals surface area contributed by atoms with E-state index >= 15 is 0 Å². The normalized spacial score (nSPS) is 16.7. The quantitative estimate of drug-likeness (QED) is 0.443. The van der Waals surface area contributed by atoms with Crippen LogP contribution in [0, 0.1) is 12.7 Å². The molecule has 1 aliphatic rings. The molecule has 1 atom stereocenters. The number of aryl methyl sites for hydroxylation is 1. The Kier molecular flexibility index (Phi) is 4.80. The molecule has 0 saturated carbocycles. The molecular formula is C25H25FN8. The number of nitrogens with two attached hydrogens (primary N) is 1. The monoisotopic (exact) mass is 456 g/mol. The van der Waals surface area contributed by atoms with Gasteiger partial charge in [0.2, 0.25) is 5.95 Å². The number of halogens is 1. The maximum atomic E-state index is 13.7. The molecule has 5 heterocycles. The Morgan fingerprint density at radius 1 is 1.09 bits per heavy atom. The van der Waals surface area contributed by atoms with Crippen LogP contribution in [0.1, 0.15) is 24.4 Å². The summed E-state index contributed by atoms with van der Waals surface area (Å²) >= 11 is 0. The number of hydrogen-bond donors (Lipinski definition) is 1. The third-order valence-corrected chi connectivity index (χ3v) is 6.74. The highest BCUT2D eigenvalue weighted by Crippen LogP contribution is 2.35. The number of benzene rings is 1. The number of nitrogens with zero attached hydrogens (tertiary/aromatic N) is 7. The first kappa shape index (κ1) is 20.7. The maximum absolute atomic E-state index is 13.7. The van der Waals surface area contributed by atoms with E-state index in [-0.39, 0.29) is 11.8 Å². The molecule has 1 saturated heterocycles. The minimum Gasteiger partial charge on any atom is -0.368 e. The minimum absolute atomic E-state index is 0.247. The van der Waals surface area contributed by atoms with Crippen LogP contribution in [0.4, 0.5) is 10.3 Å².